The fourth-order valence-electron chi connectivity index (χ4n) is 4.30. The van der Waals surface area contributed by atoms with Gasteiger partial charge in [0.15, 0.2) is 0 Å². The molecule has 0 atom stereocenters. The van der Waals surface area contributed by atoms with Crippen LogP contribution < -0.4 is 0 Å². The minimum atomic E-state index is 0.783. The van der Waals surface area contributed by atoms with Crippen molar-refractivity contribution < 1.29 is 0 Å². The van der Waals surface area contributed by atoms with Crippen molar-refractivity contribution in [3.63, 3.8) is 0 Å². The van der Waals surface area contributed by atoms with Crippen LogP contribution in [0.4, 0.5) is 0 Å². The third-order valence-corrected chi connectivity index (χ3v) is 6.89. The van der Waals surface area contributed by atoms with Gasteiger partial charge in [0.25, 0.3) is 0 Å². The summed E-state index contributed by atoms with van der Waals surface area (Å²) in [6.45, 7) is 0. The molecule has 0 amide bonds. The predicted molar refractivity (Wildman–Crippen MR) is 125 cm³/mol. The lowest BCUT2D eigenvalue weighted by Gasteiger charge is -2.12. The van der Waals surface area contributed by atoms with E-state index in [9.17, 15) is 0 Å². The van der Waals surface area contributed by atoms with Gasteiger partial charge in [-0.1, -0.05) is 72.3 Å². The highest BCUT2D eigenvalue weighted by Crippen LogP contribution is 2.43. The molecule has 0 N–H and O–H groups in total. The van der Waals surface area contributed by atoms with E-state index >= 15 is 0 Å². The molecule has 0 saturated heterocycles. The fourth-order valence-corrected chi connectivity index (χ4v) is 5.59. The maximum absolute atomic E-state index is 6.35. The maximum Gasteiger partial charge on any atom is 0.0413 e. The van der Waals surface area contributed by atoms with Crippen LogP contribution in [0.2, 0.25) is 5.02 Å². The second-order valence-electron chi connectivity index (χ2n) is 7.11. The van der Waals surface area contributed by atoms with Gasteiger partial charge in [-0.3, -0.25) is 0 Å². The lowest BCUT2D eigenvalue weighted by Crippen LogP contribution is -1.85. The number of rotatable bonds is 1. The molecule has 6 rings (SSSR count). The zero-order valence-corrected chi connectivity index (χ0v) is 16.5. The number of benzene rings is 5. The SMILES string of the molecule is Clc1ccc2sc3cccc(-c4cc5ccccc5c5ccccc45)c3c2c1. The van der Waals surface area contributed by atoms with Gasteiger partial charge in [-0.05, 0) is 63.0 Å². The number of fused-ring (bicyclic) bond motifs is 6. The summed E-state index contributed by atoms with van der Waals surface area (Å²) in [7, 11) is 0. The minimum absolute atomic E-state index is 0.783. The Kier molecular flexibility index (Phi) is 3.49. The first kappa shape index (κ1) is 16.1. The summed E-state index contributed by atoms with van der Waals surface area (Å²) in [5.74, 6) is 0. The molecule has 132 valence electrons. The number of hydrogen-bond acceptors (Lipinski definition) is 1. The molecular weight excluding hydrogens is 380 g/mol. The second-order valence-corrected chi connectivity index (χ2v) is 8.63. The Labute approximate surface area is 171 Å². The Morgan fingerprint density at radius 1 is 0.536 bits per heavy atom. The molecule has 1 heterocycles. The van der Waals surface area contributed by atoms with Crippen LogP contribution in [0.25, 0.3) is 52.8 Å². The van der Waals surface area contributed by atoms with E-state index in [1.54, 1.807) is 0 Å². The van der Waals surface area contributed by atoms with Gasteiger partial charge in [0, 0.05) is 25.2 Å². The Morgan fingerprint density at radius 3 is 2.21 bits per heavy atom. The highest BCUT2D eigenvalue weighted by molar-refractivity contribution is 7.26. The first-order chi connectivity index (χ1) is 13.8. The van der Waals surface area contributed by atoms with Gasteiger partial charge in [-0.2, -0.15) is 0 Å². The normalized spacial score (nSPS) is 11.8. The highest BCUT2D eigenvalue weighted by Gasteiger charge is 2.14. The zero-order valence-electron chi connectivity index (χ0n) is 14.9. The molecule has 0 aliphatic heterocycles. The molecule has 0 aliphatic rings. The minimum Gasteiger partial charge on any atom is -0.135 e. The molecule has 0 spiro atoms. The number of halogens is 1. The van der Waals surface area contributed by atoms with E-state index in [1.165, 1.54) is 52.8 Å². The van der Waals surface area contributed by atoms with E-state index in [4.69, 9.17) is 11.6 Å². The van der Waals surface area contributed by atoms with Gasteiger partial charge in [0.2, 0.25) is 0 Å². The molecule has 0 aliphatic carbocycles. The average Bonchev–Trinajstić information content (AvgIpc) is 3.11. The van der Waals surface area contributed by atoms with Gasteiger partial charge in [0.1, 0.15) is 0 Å². The molecule has 5 aromatic carbocycles. The number of hydrogen-bond donors (Lipinski definition) is 0. The van der Waals surface area contributed by atoms with Crippen LogP contribution >= 0.6 is 22.9 Å². The standard InChI is InChI=1S/C26H15ClS/c27-17-12-13-24-23(15-17)26-21(10-5-11-25(26)28-24)22-14-16-6-1-2-7-18(16)19-8-3-4-9-20(19)22/h1-15H. The molecule has 2 heteroatoms. The smallest absolute Gasteiger partial charge is 0.0413 e. The third kappa shape index (κ3) is 2.30. The van der Waals surface area contributed by atoms with Crippen LogP contribution in [-0.2, 0) is 0 Å². The van der Waals surface area contributed by atoms with Gasteiger partial charge < -0.3 is 0 Å². The first-order valence-electron chi connectivity index (χ1n) is 9.31. The Balaban J connectivity index is 1.82. The highest BCUT2D eigenvalue weighted by atomic mass is 35.5. The summed E-state index contributed by atoms with van der Waals surface area (Å²) in [6, 6.07) is 32.5. The van der Waals surface area contributed by atoms with Crippen molar-refractivity contribution >= 4 is 64.7 Å². The van der Waals surface area contributed by atoms with E-state index in [2.05, 4.69) is 84.9 Å². The summed E-state index contributed by atoms with van der Waals surface area (Å²) in [5.41, 5.74) is 2.55. The van der Waals surface area contributed by atoms with Crippen LogP contribution in [-0.4, -0.2) is 0 Å². The third-order valence-electron chi connectivity index (χ3n) is 5.52. The fraction of sp³-hybridized carbons (Fsp3) is 0. The quantitative estimate of drug-likeness (QED) is 0.245. The summed E-state index contributed by atoms with van der Waals surface area (Å²) in [5, 5.41) is 8.47. The van der Waals surface area contributed by atoms with Gasteiger partial charge >= 0.3 is 0 Å². The van der Waals surface area contributed by atoms with E-state index in [0.29, 0.717) is 0 Å². The van der Waals surface area contributed by atoms with Crippen molar-refractivity contribution in [3.8, 4) is 11.1 Å². The van der Waals surface area contributed by atoms with Crippen molar-refractivity contribution in [2.75, 3.05) is 0 Å². The summed E-state index contributed by atoms with van der Waals surface area (Å²) in [6.07, 6.45) is 0. The van der Waals surface area contributed by atoms with Crippen LogP contribution in [0, 0.1) is 0 Å². The predicted octanol–water partition coefficient (Wildman–Crippen LogP) is 8.68. The van der Waals surface area contributed by atoms with Crippen LogP contribution in [0.15, 0.2) is 91.0 Å². The summed E-state index contributed by atoms with van der Waals surface area (Å²) >= 11 is 8.18. The van der Waals surface area contributed by atoms with Crippen LogP contribution in [0.1, 0.15) is 0 Å². The first-order valence-corrected chi connectivity index (χ1v) is 10.5. The van der Waals surface area contributed by atoms with Gasteiger partial charge in [-0.15, -0.1) is 11.3 Å². The van der Waals surface area contributed by atoms with E-state index in [-0.39, 0.29) is 0 Å². The molecular formula is C26H15ClS. The average molecular weight is 395 g/mol. The molecule has 0 saturated carbocycles. The Morgan fingerprint density at radius 2 is 1.32 bits per heavy atom. The lowest BCUT2D eigenvalue weighted by molar-refractivity contribution is 1.73. The molecule has 28 heavy (non-hydrogen) atoms. The maximum atomic E-state index is 6.35. The molecule has 6 aromatic rings. The largest absolute Gasteiger partial charge is 0.135 e. The van der Waals surface area contributed by atoms with E-state index in [0.717, 1.165) is 5.02 Å². The number of thiophene rings is 1. The van der Waals surface area contributed by atoms with Gasteiger partial charge in [-0.25, -0.2) is 0 Å². The Bertz CT molecular complexity index is 1520. The van der Waals surface area contributed by atoms with Crippen molar-refractivity contribution in [2.45, 2.75) is 0 Å². The summed E-state index contributed by atoms with van der Waals surface area (Å²) in [4.78, 5) is 0. The second kappa shape index (κ2) is 6.07. The zero-order chi connectivity index (χ0) is 18.7. The topological polar surface area (TPSA) is 0 Å². The monoisotopic (exact) mass is 394 g/mol. The Hall–Kier alpha value is -2.87. The van der Waals surface area contributed by atoms with Crippen molar-refractivity contribution in [1.29, 1.82) is 0 Å². The molecule has 0 fully saturated rings. The van der Waals surface area contributed by atoms with E-state index in [1.807, 2.05) is 17.4 Å². The van der Waals surface area contributed by atoms with Crippen LogP contribution in [0.3, 0.4) is 0 Å². The molecule has 0 radical (unpaired) electrons. The lowest BCUT2D eigenvalue weighted by atomic mass is 9.91. The van der Waals surface area contributed by atoms with Crippen molar-refractivity contribution in [3.05, 3.63) is 96.0 Å². The molecule has 1 aromatic heterocycles. The van der Waals surface area contributed by atoms with Gasteiger partial charge in [0.05, 0.1) is 0 Å². The molecule has 0 bridgehead atoms. The van der Waals surface area contributed by atoms with E-state index < -0.39 is 0 Å². The van der Waals surface area contributed by atoms with Crippen LogP contribution in [0.5, 0.6) is 0 Å². The molecule has 0 nitrogen and oxygen atoms in total. The van der Waals surface area contributed by atoms with Crippen molar-refractivity contribution in [1.82, 2.24) is 0 Å². The summed E-state index contributed by atoms with van der Waals surface area (Å²) < 4.78 is 2.57. The molecule has 0 unspecified atom stereocenters. The van der Waals surface area contributed by atoms with Crippen molar-refractivity contribution in [2.24, 2.45) is 0 Å².